The third-order valence-electron chi connectivity index (χ3n) is 3.83. The lowest BCUT2D eigenvalue weighted by Crippen LogP contribution is -2.43. The first-order valence-corrected chi connectivity index (χ1v) is 7.59. The number of amides is 2. The zero-order valence-electron chi connectivity index (χ0n) is 12.5. The fraction of sp³-hybridized carbons (Fsp3) is 0.562. The van der Waals surface area contributed by atoms with Crippen molar-refractivity contribution in [3.63, 3.8) is 0 Å². The molecule has 1 aromatic heterocycles. The van der Waals surface area contributed by atoms with E-state index < -0.39 is 6.10 Å². The molecule has 5 nitrogen and oxygen atoms in total. The Hall–Kier alpha value is -1.75. The second-order valence-electron chi connectivity index (χ2n) is 5.35. The third-order valence-corrected chi connectivity index (χ3v) is 3.83. The van der Waals surface area contributed by atoms with Crippen LogP contribution in [0, 0.1) is 0 Å². The molecule has 1 saturated heterocycles. The zero-order valence-corrected chi connectivity index (χ0v) is 12.5. The molecule has 1 fully saturated rings. The Labute approximate surface area is 125 Å². The van der Waals surface area contributed by atoms with E-state index in [-0.39, 0.29) is 12.1 Å². The van der Waals surface area contributed by atoms with Crippen molar-refractivity contribution in [1.29, 1.82) is 0 Å². The summed E-state index contributed by atoms with van der Waals surface area (Å²) in [5, 5.41) is 13.1. The molecule has 0 spiro atoms. The van der Waals surface area contributed by atoms with Gasteiger partial charge in [0.15, 0.2) is 0 Å². The standard InChI is InChI=1S/C16H24N2O3/c1-2-3-4-9-17-16(20)18-10-5-7-13(18)12-14(19)15-8-6-11-21-15/h2-3,6,8,11,13-14,19H,4-5,7,9-10,12H2,1H3,(H,17,20)/b3-2+. The number of hydrogen-bond donors (Lipinski definition) is 2. The average molecular weight is 292 g/mol. The molecule has 0 radical (unpaired) electrons. The molecule has 2 rings (SSSR count). The van der Waals surface area contributed by atoms with Crippen LogP contribution in [0.15, 0.2) is 35.0 Å². The smallest absolute Gasteiger partial charge is 0.317 e. The van der Waals surface area contributed by atoms with E-state index in [0.29, 0.717) is 18.7 Å². The van der Waals surface area contributed by atoms with Crippen LogP contribution in [0.2, 0.25) is 0 Å². The van der Waals surface area contributed by atoms with Crippen molar-refractivity contribution in [2.24, 2.45) is 0 Å². The van der Waals surface area contributed by atoms with E-state index in [1.165, 1.54) is 0 Å². The SMILES string of the molecule is C/C=C/CCNC(=O)N1CCCC1CC(O)c1ccco1. The van der Waals surface area contributed by atoms with E-state index in [9.17, 15) is 9.90 Å². The van der Waals surface area contributed by atoms with Crippen LogP contribution in [-0.4, -0.2) is 35.2 Å². The number of allylic oxidation sites excluding steroid dienone is 1. The first kappa shape index (κ1) is 15.6. The van der Waals surface area contributed by atoms with Gasteiger partial charge in [0.05, 0.1) is 6.26 Å². The van der Waals surface area contributed by atoms with Crippen LogP contribution in [0.1, 0.15) is 44.5 Å². The third kappa shape index (κ3) is 4.36. The van der Waals surface area contributed by atoms with E-state index in [1.54, 1.807) is 18.4 Å². The number of nitrogens with zero attached hydrogens (tertiary/aromatic N) is 1. The molecule has 0 saturated carbocycles. The molecule has 0 bridgehead atoms. The minimum Gasteiger partial charge on any atom is -0.467 e. The van der Waals surface area contributed by atoms with E-state index in [2.05, 4.69) is 5.32 Å². The van der Waals surface area contributed by atoms with Gasteiger partial charge in [-0.05, 0) is 38.3 Å². The average Bonchev–Trinajstić information content (AvgIpc) is 3.14. The van der Waals surface area contributed by atoms with Gasteiger partial charge in [0.2, 0.25) is 0 Å². The van der Waals surface area contributed by atoms with Crippen LogP contribution < -0.4 is 5.32 Å². The Kier molecular flexibility index (Phi) is 5.87. The van der Waals surface area contributed by atoms with Crippen LogP contribution in [0.4, 0.5) is 4.79 Å². The molecule has 5 heteroatoms. The summed E-state index contributed by atoms with van der Waals surface area (Å²) < 4.78 is 5.22. The van der Waals surface area contributed by atoms with Crippen molar-refractivity contribution in [2.75, 3.05) is 13.1 Å². The maximum Gasteiger partial charge on any atom is 0.317 e. The number of aliphatic hydroxyl groups excluding tert-OH is 1. The monoisotopic (exact) mass is 292 g/mol. The lowest BCUT2D eigenvalue weighted by Gasteiger charge is -2.26. The fourth-order valence-corrected chi connectivity index (χ4v) is 2.73. The second-order valence-corrected chi connectivity index (χ2v) is 5.35. The van der Waals surface area contributed by atoms with Gasteiger partial charge in [0, 0.05) is 25.6 Å². The summed E-state index contributed by atoms with van der Waals surface area (Å²) in [6.07, 6.45) is 8.19. The molecule has 2 atom stereocenters. The Balaban J connectivity index is 1.83. The molecule has 1 aliphatic heterocycles. The van der Waals surface area contributed by atoms with Crippen molar-refractivity contribution in [3.05, 3.63) is 36.3 Å². The predicted octanol–water partition coefficient (Wildman–Crippen LogP) is 2.84. The molecular weight excluding hydrogens is 268 g/mol. The number of nitrogens with one attached hydrogen (secondary N) is 1. The van der Waals surface area contributed by atoms with Gasteiger partial charge in [-0.25, -0.2) is 4.79 Å². The summed E-state index contributed by atoms with van der Waals surface area (Å²) in [7, 11) is 0. The number of carbonyl (C=O) groups excluding carboxylic acids is 1. The van der Waals surface area contributed by atoms with Gasteiger partial charge in [0.25, 0.3) is 0 Å². The van der Waals surface area contributed by atoms with E-state index in [1.807, 2.05) is 24.0 Å². The van der Waals surface area contributed by atoms with Crippen LogP contribution in [0.25, 0.3) is 0 Å². The van der Waals surface area contributed by atoms with Gasteiger partial charge < -0.3 is 19.7 Å². The van der Waals surface area contributed by atoms with E-state index >= 15 is 0 Å². The van der Waals surface area contributed by atoms with Crippen molar-refractivity contribution >= 4 is 6.03 Å². The van der Waals surface area contributed by atoms with Crippen molar-refractivity contribution < 1.29 is 14.3 Å². The van der Waals surface area contributed by atoms with E-state index in [0.717, 1.165) is 25.8 Å². The van der Waals surface area contributed by atoms with Crippen LogP contribution in [0.5, 0.6) is 0 Å². The number of furan rings is 1. The van der Waals surface area contributed by atoms with Gasteiger partial charge in [-0.3, -0.25) is 0 Å². The van der Waals surface area contributed by atoms with Crippen molar-refractivity contribution in [2.45, 2.75) is 44.8 Å². The van der Waals surface area contributed by atoms with Gasteiger partial charge in [-0.2, -0.15) is 0 Å². The Bertz CT molecular complexity index is 456. The molecular formula is C16H24N2O3. The summed E-state index contributed by atoms with van der Waals surface area (Å²) in [6, 6.07) is 3.57. The fourth-order valence-electron chi connectivity index (χ4n) is 2.73. The molecule has 0 aliphatic carbocycles. The lowest BCUT2D eigenvalue weighted by molar-refractivity contribution is 0.108. The number of rotatable bonds is 6. The Morgan fingerprint density at radius 2 is 2.52 bits per heavy atom. The topological polar surface area (TPSA) is 65.7 Å². The number of hydrogen-bond acceptors (Lipinski definition) is 3. The second kappa shape index (κ2) is 7.88. The first-order valence-electron chi connectivity index (χ1n) is 7.59. The highest BCUT2D eigenvalue weighted by molar-refractivity contribution is 5.74. The van der Waals surface area contributed by atoms with Crippen molar-refractivity contribution in [3.8, 4) is 0 Å². The zero-order chi connectivity index (χ0) is 15.1. The normalized spacial score (nSPS) is 20.1. The summed E-state index contributed by atoms with van der Waals surface area (Å²) in [4.78, 5) is 14.0. The van der Waals surface area contributed by atoms with E-state index in [4.69, 9.17) is 4.42 Å². The summed E-state index contributed by atoms with van der Waals surface area (Å²) in [5.74, 6) is 0.565. The summed E-state index contributed by atoms with van der Waals surface area (Å²) >= 11 is 0. The molecule has 2 heterocycles. The number of aliphatic hydroxyl groups is 1. The highest BCUT2D eigenvalue weighted by Crippen LogP contribution is 2.27. The van der Waals surface area contributed by atoms with Crippen LogP contribution in [-0.2, 0) is 0 Å². The Morgan fingerprint density at radius 3 is 3.24 bits per heavy atom. The molecule has 1 aromatic rings. The molecule has 2 N–H and O–H groups in total. The van der Waals surface area contributed by atoms with Gasteiger partial charge in [0.1, 0.15) is 11.9 Å². The van der Waals surface area contributed by atoms with Gasteiger partial charge >= 0.3 is 6.03 Å². The van der Waals surface area contributed by atoms with Gasteiger partial charge in [-0.1, -0.05) is 12.2 Å². The quantitative estimate of drug-likeness (QED) is 0.626. The maximum absolute atomic E-state index is 12.2. The molecule has 0 aromatic carbocycles. The van der Waals surface area contributed by atoms with Crippen molar-refractivity contribution in [1.82, 2.24) is 10.2 Å². The number of carbonyl (C=O) groups is 1. The highest BCUT2D eigenvalue weighted by atomic mass is 16.4. The summed E-state index contributed by atoms with van der Waals surface area (Å²) in [5.41, 5.74) is 0. The Morgan fingerprint density at radius 1 is 1.67 bits per heavy atom. The van der Waals surface area contributed by atoms with Crippen LogP contribution in [0.3, 0.4) is 0 Å². The predicted molar refractivity (Wildman–Crippen MR) is 80.8 cm³/mol. The summed E-state index contributed by atoms with van der Waals surface area (Å²) in [6.45, 7) is 3.37. The number of likely N-dealkylation sites (tertiary alicyclic amines) is 1. The minimum atomic E-state index is -0.651. The molecule has 1 aliphatic rings. The highest BCUT2D eigenvalue weighted by Gasteiger charge is 2.31. The van der Waals surface area contributed by atoms with Gasteiger partial charge in [-0.15, -0.1) is 0 Å². The maximum atomic E-state index is 12.2. The molecule has 116 valence electrons. The lowest BCUT2D eigenvalue weighted by atomic mass is 10.1. The number of urea groups is 1. The first-order chi connectivity index (χ1) is 10.2. The minimum absolute atomic E-state index is 0.0337. The van der Waals surface area contributed by atoms with Crippen LogP contribution >= 0.6 is 0 Å². The molecule has 2 unspecified atom stereocenters. The molecule has 2 amide bonds. The largest absolute Gasteiger partial charge is 0.467 e. The molecule has 21 heavy (non-hydrogen) atoms.